The number of nitrogens with zero attached hydrogens (tertiary/aromatic N) is 6. The van der Waals surface area contributed by atoms with Gasteiger partial charge in [0.2, 0.25) is 0 Å². The van der Waals surface area contributed by atoms with Crippen molar-refractivity contribution in [3.8, 4) is 123 Å². The van der Waals surface area contributed by atoms with Crippen molar-refractivity contribution in [3.63, 3.8) is 0 Å². The first kappa shape index (κ1) is 79.1. The number of rotatable bonds is 10. The van der Waals surface area contributed by atoms with Gasteiger partial charge in [0.05, 0.1) is 67.3 Å². The molecule has 0 unspecified atom stereocenters. The molecule has 21 aromatic carbocycles. The third-order valence-corrected chi connectivity index (χ3v) is 27.4. The van der Waals surface area contributed by atoms with Crippen molar-refractivity contribution in [2.75, 3.05) is 0 Å². The fourth-order valence-electron chi connectivity index (χ4n) is 20.6. The molecule has 0 radical (unpaired) electrons. The van der Waals surface area contributed by atoms with Crippen molar-refractivity contribution < 1.29 is 13.3 Å². The molecule has 0 bridgehead atoms. The zero-order valence-electron chi connectivity index (χ0n) is 74.1. The second-order valence-electron chi connectivity index (χ2n) is 35.8. The molecule has 0 N–H and O–H groups in total. The molecule has 1 aliphatic carbocycles. The summed E-state index contributed by atoms with van der Waals surface area (Å²) < 4.78 is 18.5. The van der Waals surface area contributed by atoms with Crippen LogP contribution in [0.2, 0.25) is 0 Å². The molecule has 636 valence electrons. The number of aromatic nitrogens is 6. The smallest absolute Gasteiger partial charge is 0.136 e. The van der Waals surface area contributed by atoms with Crippen LogP contribution in [0.4, 0.5) is 0 Å². The van der Waals surface area contributed by atoms with Gasteiger partial charge in [-0.15, -0.1) is 0 Å². The van der Waals surface area contributed by atoms with Gasteiger partial charge in [-0.05, 0) is 213 Å². The lowest BCUT2D eigenvalue weighted by molar-refractivity contribution is 0.661. The van der Waals surface area contributed by atoms with E-state index in [0.29, 0.717) is 0 Å². The molecule has 27 aromatic rings. The van der Waals surface area contributed by atoms with Crippen molar-refractivity contribution in [1.29, 1.82) is 0 Å². The maximum atomic E-state index is 6.18. The van der Waals surface area contributed by atoms with Crippen molar-refractivity contribution in [3.05, 3.63) is 460 Å². The van der Waals surface area contributed by atoms with Gasteiger partial charge in [-0.25, -0.2) is 29.9 Å². The van der Waals surface area contributed by atoms with Crippen LogP contribution in [-0.4, -0.2) is 29.9 Å². The molecule has 0 spiro atoms. The zero-order chi connectivity index (χ0) is 90.1. The van der Waals surface area contributed by atoms with Crippen LogP contribution in [0, 0.1) is 0 Å². The maximum absolute atomic E-state index is 6.18. The monoisotopic (exact) mass is 1740 g/mol. The van der Waals surface area contributed by atoms with E-state index in [0.717, 1.165) is 200 Å². The second-order valence-corrected chi connectivity index (χ2v) is 35.8. The molecule has 0 aliphatic heterocycles. The van der Waals surface area contributed by atoms with Gasteiger partial charge in [-0.3, -0.25) is 0 Å². The first-order chi connectivity index (χ1) is 67.1. The Morgan fingerprint density at radius 3 is 0.875 bits per heavy atom. The molecule has 28 rings (SSSR count). The van der Waals surface area contributed by atoms with Crippen LogP contribution >= 0.6 is 0 Å². The minimum atomic E-state index is -0.144. The first-order valence-electron chi connectivity index (χ1n) is 46.2. The molecule has 136 heavy (non-hydrogen) atoms. The number of hydrogen-bond donors (Lipinski definition) is 0. The quantitative estimate of drug-likeness (QED) is 0.123. The molecular formula is C127H80N6O3. The summed E-state index contributed by atoms with van der Waals surface area (Å²) in [4.78, 5) is 31.1. The summed E-state index contributed by atoms with van der Waals surface area (Å²) in [6.45, 7) is 4.68. The first-order valence-corrected chi connectivity index (χ1v) is 46.2. The predicted octanol–water partition coefficient (Wildman–Crippen LogP) is 34.2. The van der Waals surface area contributed by atoms with Gasteiger partial charge in [0.15, 0.2) is 0 Å². The van der Waals surface area contributed by atoms with E-state index in [1.54, 1.807) is 0 Å². The molecule has 1 aliphatic rings. The molecule has 0 saturated heterocycles. The summed E-state index contributed by atoms with van der Waals surface area (Å²) in [5, 5.41) is 16.8. The normalized spacial score (nSPS) is 12.2. The van der Waals surface area contributed by atoms with Gasteiger partial charge in [0.1, 0.15) is 33.5 Å². The molecule has 0 atom stereocenters. The number of hydrogen-bond acceptors (Lipinski definition) is 9. The molecular weight excluding hydrogens is 1660 g/mol. The number of benzene rings is 21. The van der Waals surface area contributed by atoms with Crippen molar-refractivity contribution in [2.45, 2.75) is 19.3 Å². The van der Waals surface area contributed by atoms with Gasteiger partial charge in [-0.2, -0.15) is 0 Å². The zero-order valence-corrected chi connectivity index (χ0v) is 74.1. The van der Waals surface area contributed by atoms with E-state index in [2.05, 4.69) is 335 Å². The van der Waals surface area contributed by atoms with Gasteiger partial charge in [-0.1, -0.05) is 360 Å². The average molecular weight is 1740 g/mol. The van der Waals surface area contributed by atoms with Crippen LogP contribution in [0.3, 0.4) is 0 Å². The molecule has 0 fully saturated rings. The maximum Gasteiger partial charge on any atom is 0.136 e. The molecule has 6 heterocycles. The Morgan fingerprint density at radius 1 is 0.162 bits per heavy atom. The van der Waals surface area contributed by atoms with Crippen LogP contribution in [0.15, 0.2) is 462 Å². The highest BCUT2D eigenvalue weighted by molar-refractivity contribution is 6.16. The average Bonchev–Trinajstić information content (AvgIpc) is 1.56. The Kier molecular flexibility index (Phi) is 18.8. The standard InChI is InChI=1S/C45H30N2O.C42H26N2O.C40H24N2O/c1-45(2)36-26-31(22-23-33(36)35-24-29-10-3-4-11-30(29)25-37(35)45)44-43(46-38-14-6-7-15-39(38)47-44)28-20-18-27(19-21-28)32-13-9-17-41-42(32)34-12-5-8-16-40(34)48-41;1-2-9-32-26-33(25-18-27(32)8-1)28-16-21-30(22-17-28)41-42(44-37-13-5-4-12-36(37)43-41)31-23-19-29(20-24-31)34-11-7-15-39-40(34)35-10-3-6-14-38(35)45-39;1-2-9-30-25(8-1)18-21-28-24-29(22-23-31(28)30)40-39(41-34-12-4-5-13-35(34)42-40)27-19-16-26(17-20-27)32-11-7-15-37-38(32)33-10-3-6-14-36(33)43-37/h3-26H,1-2H3;1-26H;1-24H. The minimum absolute atomic E-state index is 0.144. The Labute approximate surface area is 782 Å². The molecule has 9 heteroatoms. The summed E-state index contributed by atoms with van der Waals surface area (Å²) in [5.74, 6) is 0. The minimum Gasteiger partial charge on any atom is -0.456 e. The number of para-hydroxylation sites is 9. The summed E-state index contributed by atoms with van der Waals surface area (Å²) in [6, 6.07) is 157. The summed E-state index contributed by atoms with van der Waals surface area (Å²) in [6.07, 6.45) is 0. The van der Waals surface area contributed by atoms with Crippen LogP contribution in [-0.2, 0) is 5.41 Å². The molecule has 0 saturated carbocycles. The van der Waals surface area contributed by atoms with E-state index in [-0.39, 0.29) is 5.41 Å². The fraction of sp³-hybridized carbons (Fsp3) is 0.0236. The van der Waals surface area contributed by atoms with E-state index in [9.17, 15) is 0 Å². The van der Waals surface area contributed by atoms with E-state index in [1.807, 2.05) is 127 Å². The number of fused-ring (bicyclic) bond motifs is 20. The topological polar surface area (TPSA) is 117 Å². The predicted molar refractivity (Wildman–Crippen MR) is 562 cm³/mol. The van der Waals surface area contributed by atoms with E-state index < -0.39 is 0 Å². The molecule has 6 aromatic heterocycles. The Morgan fingerprint density at radius 2 is 0.441 bits per heavy atom. The van der Waals surface area contributed by atoms with Crippen LogP contribution in [0.1, 0.15) is 25.0 Å². The Hall–Kier alpha value is -17.9. The van der Waals surface area contributed by atoms with Crippen molar-refractivity contribution >= 4 is 142 Å². The van der Waals surface area contributed by atoms with E-state index in [4.69, 9.17) is 43.2 Å². The van der Waals surface area contributed by atoms with Crippen molar-refractivity contribution in [2.24, 2.45) is 0 Å². The highest BCUT2D eigenvalue weighted by atomic mass is 16.3. The lowest BCUT2D eigenvalue weighted by Crippen LogP contribution is -2.15. The number of furan rings is 3. The SMILES string of the molecule is CC1(C)c2cc(-c3nc4ccccc4nc3-c3ccc(-c4cccc5oc6ccccc6c45)cc3)ccc2-c2cc3ccccc3cc21.c1ccc2c(c1)ccc1cc(-c3nc4ccccc4nc3-c3ccc(-c4cccc5oc6ccccc6c45)cc3)ccc12.c1ccc2cc(-c3ccc(-c4nc5ccccc5nc4-c4ccc(-c5cccc6oc7ccccc7c56)cc4)cc3)ccc2c1. The lowest BCUT2D eigenvalue weighted by atomic mass is 9.81. The van der Waals surface area contributed by atoms with E-state index >= 15 is 0 Å². The van der Waals surface area contributed by atoms with Gasteiger partial charge in [0, 0.05) is 71.1 Å². The summed E-state index contributed by atoms with van der Waals surface area (Å²) >= 11 is 0. The summed E-state index contributed by atoms with van der Waals surface area (Å²) in [5.41, 5.74) is 36.6. The highest BCUT2D eigenvalue weighted by Gasteiger charge is 2.37. The van der Waals surface area contributed by atoms with Crippen LogP contribution < -0.4 is 0 Å². The largest absolute Gasteiger partial charge is 0.456 e. The van der Waals surface area contributed by atoms with E-state index in [1.165, 1.54) is 76.5 Å². The molecule has 0 amide bonds. The second kappa shape index (κ2) is 32.3. The van der Waals surface area contributed by atoms with Gasteiger partial charge in [0.25, 0.3) is 0 Å². The highest BCUT2D eigenvalue weighted by Crippen LogP contribution is 2.53. The van der Waals surface area contributed by atoms with Gasteiger partial charge >= 0.3 is 0 Å². The third-order valence-electron chi connectivity index (χ3n) is 27.4. The fourth-order valence-corrected chi connectivity index (χ4v) is 20.6. The lowest BCUT2D eigenvalue weighted by Gasteiger charge is -2.22. The third kappa shape index (κ3) is 13.7. The van der Waals surface area contributed by atoms with Crippen LogP contribution in [0.5, 0.6) is 0 Å². The van der Waals surface area contributed by atoms with Gasteiger partial charge < -0.3 is 13.3 Å². The summed E-state index contributed by atoms with van der Waals surface area (Å²) in [7, 11) is 0. The molecule has 9 nitrogen and oxygen atoms in total. The Bertz CT molecular complexity index is 9520. The van der Waals surface area contributed by atoms with Crippen LogP contribution in [0.25, 0.3) is 265 Å². The Balaban J connectivity index is 0.000000106. The van der Waals surface area contributed by atoms with Crippen molar-refractivity contribution in [1.82, 2.24) is 29.9 Å².